The molecule has 0 saturated carbocycles. The maximum absolute atomic E-state index is 12.8. The zero-order valence-electron chi connectivity index (χ0n) is 15.6. The highest BCUT2D eigenvalue weighted by Crippen LogP contribution is 2.25. The number of halogens is 1. The SMILES string of the molecule is O=C(NCc1nnc2ccccn12)c1cc(-c2ccco2)n(-c2ccc(Cl)cc2)n1. The molecule has 0 fully saturated rings. The van der Waals surface area contributed by atoms with E-state index in [-0.39, 0.29) is 18.1 Å². The molecule has 1 N–H and O–H groups in total. The number of fused-ring (bicyclic) bond motifs is 1. The number of amides is 1. The number of carbonyl (C=O) groups is 1. The van der Waals surface area contributed by atoms with E-state index in [1.807, 2.05) is 47.0 Å². The number of benzene rings is 1. The van der Waals surface area contributed by atoms with Crippen LogP contribution in [0.3, 0.4) is 0 Å². The molecule has 0 spiro atoms. The van der Waals surface area contributed by atoms with Gasteiger partial charge >= 0.3 is 0 Å². The molecule has 0 saturated heterocycles. The monoisotopic (exact) mass is 418 g/mol. The number of aromatic nitrogens is 5. The highest BCUT2D eigenvalue weighted by Gasteiger charge is 2.19. The number of nitrogens with zero attached hydrogens (tertiary/aromatic N) is 5. The van der Waals surface area contributed by atoms with Gasteiger partial charge in [-0.05, 0) is 48.5 Å². The van der Waals surface area contributed by atoms with Crippen molar-refractivity contribution in [3.8, 4) is 17.1 Å². The van der Waals surface area contributed by atoms with E-state index in [1.165, 1.54) is 0 Å². The Morgan fingerprint density at radius 1 is 1.07 bits per heavy atom. The van der Waals surface area contributed by atoms with Crippen molar-refractivity contribution in [3.63, 3.8) is 0 Å². The van der Waals surface area contributed by atoms with E-state index in [0.717, 1.165) is 5.69 Å². The standard InChI is InChI=1S/C21H15ClN6O2/c22-14-6-8-15(9-7-14)28-17(18-4-3-11-30-18)12-16(26-28)21(29)23-13-20-25-24-19-5-1-2-10-27(19)20/h1-12H,13H2,(H,23,29). The molecule has 0 bridgehead atoms. The summed E-state index contributed by atoms with van der Waals surface area (Å²) in [5.41, 5.74) is 2.38. The van der Waals surface area contributed by atoms with Crippen LogP contribution in [0, 0.1) is 0 Å². The lowest BCUT2D eigenvalue weighted by Crippen LogP contribution is -2.24. The second kappa shape index (κ2) is 7.49. The number of furan rings is 1. The van der Waals surface area contributed by atoms with Gasteiger partial charge in [-0.25, -0.2) is 4.68 Å². The summed E-state index contributed by atoms with van der Waals surface area (Å²) in [4.78, 5) is 12.8. The second-order valence-corrected chi connectivity index (χ2v) is 6.94. The van der Waals surface area contributed by atoms with Crippen LogP contribution in [0.2, 0.25) is 5.02 Å². The van der Waals surface area contributed by atoms with Crippen LogP contribution in [-0.4, -0.2) is 30.3 Å². The predicted molar refractivity (Wildman–Crippen MR) is 110 cm³/mol. The van der Waals surface area contributed by atoms with Crippen LogP contribution in [-0.2, 0) is 6.54 Å². The second-order valence-electron chi connectivity index (χ2n) is 6.51. The molecule has 4 heterocycles. The number of rotatable bonds is 5. The molecular formula is C21H15ClN6O2. The number of nitrogens with one attached hydrogen (secondary N) is 1. The summed E-state index contributed by atoms with van der Waals surface area (Å²) in [7, 11) is 0. The highest BCUT2D eigenvalue weighted by atomic mass is 35.5. The van der Waals surface area contributed by atoms with Gasteiger partial charge in [0, 0.05) is 17.3 Å². The summed E-state index contributed by atoms with van der Waals surface area (Å²) < 4.78 is 9.00. The molecule has 1 aromatic carbocycles. The number of carbonyl (C=O) groups excluding carboxylic acids is 1. The van der Waals surface area contributed by atoms with Crippen molar-refractivity contribution in [2.45, 2.75) is 6.54 Å². The van der Waals surface area contributed by atoms with Gasteiger partial charge in [-0.15, -0.1) is 10.2 Å². The molecular weight excluding hydrogens is 404 g/mol. The Labute approximate surface area is 175 Å². The fourth-order valence-corrected chi connectivity index (χ4v) is 3.26. The van der Waals surface area contributed by atoms with E-state index >= 15 is 0 Å². The minimum absolute atomic E-state index is 0.216. The van der Waals surface area contributed by atoms with Gasteiger partial charge in [0.15, 0.2) is 22.9 Å². The molecule has 8 nitrogen and oxygen atoms in total. The van der Waals surface area contributed by atoms with Crippen LogP contribution in [0.4, 0.5) is 0 Å². The zero-order valence-corrected chi connectivity index (χ0v) is 16.3. The average Bonchev–Trinajstić information content (AvgIpc) is 3.51. The van der Waals surface area contributed by atoms with E-state index < -0.39 is 0 Å². The van der Waals surface area contributed by atoms with Gasteiger partial charge in [-0.1, -0.05) is 17.7 Å². The zero-order chi connectivity index (χ0) is 20.5. The van der Waals surface area contributed by atoms with E-state index in [0.29, 0.717) is 27.9 Å². The fraction of sp³-hybridized carbons (Fsp3) is 0.0476. The summed E-state index contributed by atoms with van der Waals surface area (Å²) in [6.45, 7) is 0.216. The Morgan fingerprint density at radius 2 is 1.93 bits per heavy atom. The van der Waals surface area contributed by atoms with Crippen molar-refractivity contribution in [3.05, 3.63) is 89.7 Å². The third kappa shape index (κ3) is 3.33. The van der Waals surface area contributed by atoms with Gasteiger partial charge in [0.05, 0.1) is 18.5 Å². The Hall–Kier alpha value is -3.91. The summed E-state index contributed by atoms with van der Waals surface area (Å²) in [6.07, 6.45) is 3.42. The summed E-state index contributed by atoms with van der Waals surface area (Å²) >= 11 is 6.00. The first-order chi connectivity index (χ1) is 14.7. The van der Waals surface area contributed by atoms with Gasteiger partial charge in [0.25, 0.3) is 5.91 Å². The topological polar surface area (TPSA) is 90.3 Å². The van der Waals surface area contributed by atoms with Crippen molar-refractivity contribution in [1.29, 1.82) is 0 Å². The molecule has 0 atom stereocenters. The van der Waals surface area contributed by atoms with Gasteiger partial charge in [0.1, 0.15) is 5.69 Å². The van der Waals surface area contributed by atoms with Crippen molar-refractivity contribution in [2.24, 2.45) is 0 Å². The predicted octanol–water partition coefficient (Wildman–Crippen LogP) is 3.76. The Morgan fingerprint density at radius 3 is 2.73 bits per heavy atom. The van der Waals surface area contributed by atoms with Crippen molar-refractivity contribution < 1.29 is 9.21 Å². The fourth-order valence-electron chi connectivity index (χ4n) is 3.13. The number of pyridine rings is 1. The van der Waals surface area contributed by atoms with Crippen LogP contribution in [0.15, 0.2) is 77.5 Å². The normalized spacial score (nSPS) is 11.1. The highest BCUT2D eigenvalue weighted by molar-refractivity contribution is 6.30. The lowest BCUT2D eigenvalue weighted by Gasteiger charge is -2.05. The van der Waals surface area contributed by atoms with Crippen molar-refractivity contribution >= 4 is 23.2 Å². The quantitative estimate of drug-likeness (QED) is 0.469. The first-order valence-electron chi connectivity index (χ1n) is 9.16. The van der Waals surface area contributed by atoms with Gasteiger partial charge < -0.3 is 9.73 Å². The van der Waals surface area contributed by atoms with Crippen LogP contribution in [0.5, 0.6) is 0 Å². The minimum Gasteiger partial charge on any atom is -0.463 e. The number of hydrogen-bond acceptors (Lipinski definition) is 5. The minimum atomic E-state index is -0.330. The maximum atomic E-state index is 12.8. The van der Waals surface area contributed by atoms with E-state index in [1.54, 1.807) is 35.2 Å². The van der Waals surface area contributed by atoms with Gasteiger partial charge in [0.2, 0.25) is 0 Å². The van der Waals surface area contributed by atoms with E-state index in [4.69, 9.17) is 16.0 Å². The van der Waals surface area contributed by atoms with Crippen LogP contribution in [0.1, 0.15) is 16.3 Å². The first-order valence-corrected chi connectivity index (χ1v) is 9.53. The molecule has 1 amide bonds. The molecule has 30 heavy (non-hydrogen) atoms. The first kappa shape index (κ1) is 18.1. The Bertz CT molecular complexity index is 1320. The molecule has 9 heteroatoms. The molecule has 4 aromatic heterocycles. The Balaban J connectivity index is 1.44. The summed E-state index contributed by atoms with van der Waals surface area (Å²) in [6, 6.07) is 18.1. The van der Waals surface area contributed by atoms with Crippen molar-refractivity contribution in [2.75, 3.05) is 0 Å². The van der Waals surface area contributed by atoms with Crippen LogP contribution in [0.25, 0.3) is 22.8 Å². The lowest BCUT2D eigenvalue weighted by molar-refractivity contribution is 0.0944. The molecule has 0 unspecified atom stereocenters. The molecule has 0 radical (unpaired) electrons. The molecule has 0 aliphatic heterocycles. The molecule has 5 aromatic rings. The van der Waals surface area contributed by atoms with E-state index in [9.17, 15) is 4.79 Å². The van der Waals surface area contributed by atoms with Crippen molar-refractivity contribution in [1.82, 2.24) is 29.7 Å². The maximum Gasteiger partial charge on any atom is 0.272 e. The Kier molecular flexibility index (Phi) is 4.53. The smallest absolute Gasteiger partial charge is 0.272 e. The molecule has 0 aliphatic carbocycles. The van der Waals surface area contributed by atoms with Gasteiger partial charge in [-0.2, -0.15) is 5.10 Å². The van der Waals surface area contributed by atoms with E-state index in [2.05, 4.69) is 20.6 Å². The van der Waals surface area contributed by atoms with Crippen LogP contribution < -0.4 is 5.32 Å². The summed E-state index contributed by atoms with van der Waals surface area (Å²) in [5, 5.41) is 16.2. The molecule has 5 rings (SSSR count). The molecule has 0 aliphatic rings. The average molecular weight is 419 g/mol. The third-order valence-electron chi connectivity index (χ3n) is 4.58. The summed E-state index contributed by atoms with van der Waals surface area (Å²) in [5.74, 6) is 0.894. The largest absolute Gasteiger partial charge is 0.463 e. The van der Waals surface area contributed by atoms with Gasteiger partial charge in [-0.3, -0.25) is 9.20 Å². The lowest BCUT2D eigenvalue weighted by atomic mass is 10.2. The number of hydrogen-bond donors (Lipinski definition) is 1. The molecule has 148 valence electrons. The third-order valence-corrected chi connectivity index (χ3v) is 4.83. The van der Waals surface area contributed by atoms with Crippen LogP contribution >= 0.6 is 11.6 Å².